The van der Waals surface area contributed by atoms with Gasteiger partial charge in [0.25, 0.3) is 0 Å². The maximum Gasteiger partial charge on any atom is 0.132 e. The first-order valence-electron chi connectivity index (χ1n) is 10.3. The molecule has 0 atom stereocenters. The van der Waals surface area contributed by atoms with Crippen LogP contribution in [0.3, 0.4) is 0 Å². The summed E-state index contributed by atoms with van der Waals surface area (Å²) in [4.78, 5) is 2.49. The Morgan fingerprint density at radius 2 is 1.41 bits per heavy atom. The first kappa shape index (κ1) is 17.2. The van der Waals surface area contributed by atoms with Crippen molar-refractivity contribution in [1.29, 1.82) is 0 Å². The number of rotatable bonds is 4. The molecule has 0 unspecified atom stereocenters. The van der Waals surface area contributed by atoms with Crippen molar-refractivity contribution < 1.29 is 4.39 Å². The summed E-state index contributed by atoms with van der Waals surface area (Å²) >= 11 is 1.77. The van der Waals surface area contributed by atoms with Crippen molar-refractivity contribution >= 4 is 11.3 Å². The van der Waals surface area contributed by atoms with Crippen molar-refractivity contribution in [2.24, 2.45) is 0 Å². The van der Waals surface area contributed by atoms with Gasteiger partial charge in [0.1, 0.15) is 5.82 Å². The van der Waals surface area contributed by atoms with E-state index in [2.05, 4.69) is 42.5 Å². The number of hydrogen-bond acceptors (Lipinski definition) is 1. The molecule has 0 saturated heterocycles. The van der Waals surface area contributed by atoms with E-state index in [1.54, 1.807) is 17.4 Å². The molecule has 0 bridgehead atoms. The van der Waals surface area contributed by atoms with E-state index < -0.39 is 0 Å². The maximum atomic E-state index is 14.9. The minimum Gasteiger partial charge on any atom is -0.206 e. The molecule has 0 aliphatic heterocycles. The first-order valence-corrected chi connectivity index (χ1v) is 11.1. The predicted octanol–water partition coefficient (Wildman–Crippen LogP) is 8.15. The van der Waals surface area contributed by atoms with Gasteiger partial charge in [0.2, 0.25) is 0 Å². The third-order valence-corrected chi connectivity index (χ3v) is 7.72. The van der Waals surface area contributed by atoms with E-state index in [0.717, 1.165) is 27.5 Å². The van der Waals surface area contributed by atoms with Gasteiger partial charge >= 0.3 is 0 Å². The molecule has 5 rings (SSSR count). The number of hydrogen-bond donors (Lipinski definition) is 0. The number of benzene rings is 2. The average molecular weight is 377 g/mol. The zero-order valence-corrected chi connectivity index (χ0v) is 16.4. The number of thiophene rings is 1. The highest BCUT2D eigenvalue weighted by Crippen LogP contribution is 2.41. The summed E-state index contributed by atoms with van der Waals surface area (Å²) in [5, 5.41) is 0. The van der Waals surface area contributed by atoms with Gasteiger partial charge in [-0.05, 0) is 78.5 Å². The lowest BCUT2D eigenvalue weighted by Gasteiger charge is -2.25. The second-order valence-electron chi connectivity index (χ2n) is 8.13. The van der Waals surface area contributed by atoms with Gasteiger partial charge in [-0.25, -0.2) is 4.39 Å². The maximum absolute atomic E-state index is 14.9. The van der Waals surface area contributed by atoms with E-state index in [9.17, 15) is 4.39 Å². The predicted molar refractivity (Wildman–Crippen MR) is 113 cm³/mol. The zero-order valence-electron chi connectivity index (χ0n) is 15.6. The molecule has 2 saturated carbocycles. The molecule has 1 aromatic heterocycles. The molecule has 0 N–H and O–H groups in total. The van der Waals surface area contributed by atoms with Crippen LogP contribution in [0.4, 0.5) is 4.39 Å². The molecular formula is C25H25FS. The van der Waals surface area contributed by atoms with Crippen LogP contribution >= 0.6 is 11.3 Å². The monoisotopic (exact) mass is 376 g/mol. The first-order chi connectivity index (χ1) is 13.3. The summed E-state index contributed by atoms with van der Waals surface area (Å²) in [6.07, 6.45) is 9.22. The minimum absolute atomic E-state index is 0.115. The van der Waals surface area contributed by atoms with Crippen molar-refractivity contribution in [1.82, 2.24) is 0 Å². The van der Waals surface area contributed by atoms with E-state index in [0.29, 0.717) is 5.92 Å². The van der Waals surface area contributed by atoms with E-state index in [1.807, 2.05) is 6.07 Å². The van der Waals surface area contributed by atoms with E-state index >= 15 is 0 Å². The molecule has 2 heteroatoms. The minimum atomic E-state index is -0.115. The van der Waals surface area contributed by atoms with Crippen molar-refractivity contribution in [3.63, 3.8) is 0 Å². The van der Waals surface area contributed by atoms with Gasteiger partial charge in [-0.1, -0.05) is 49.6 Å². The highest BCUT2D eigenvalue weighted by molar-refractivity contribution is 7.15. The van der Waals surface area contributed by atoms with Crippen molar-refractivity contribution in [3.05, 3.63) is 70.9 Å². The van der Waals surface area contributed by atoms with Crippen molar-refractivity contribution in [2.45, 2.75) is 56.8 Å². The molecular weight excluding hydrogens is 351 g/mol. The van der Waals surface area contributed by atoms with Gasteiger partial charge in [0, 0.05) is 15.3 Å². The number of halogens is 1. The fourth-order valence-corrected chi connectivity index (χ4v) is 5.72. The summed E-state index contributed by atoms with van der Waals surface area (Å²) in [5.74, 6) is 1.32. The third kappa shape index (κ3) is 3.36. The van der Waals surface area contributed by atoms with Gasteiger partial charge < -0.3 is 0 Å². The Morgan fingerprint density at radius 1 is 0.704 bits per heavy atom. The van der Waals surface area contributed by atoms with Crippen LogP contribution in [0.5, 0.6) is 0 Å². The highest BCUT2D eigenvalue weighted by atomic mass is 32.1. The van der Waals surface area contributed by atoms with Crippen LogP contribution in [0.2, 0.25) is 0 Å². The van der Waals surface area contributed by atoms with E-state index in [1.165, 1.54) is 55.4 Å². The summed E-state index contributed by atoms with van der Waals surface area (Å²) in [6, 6.07) is 18.8. The Bertz CT molecular complexity index is 927. The smallest absolute Gasteiger partial charge is 0.132 e. The van der Waals surface area contributed by atoms with Crippen LogP contribution < -0.4 is 0 Å². The van der Waals surface area contributed by atoms with Gasteiger partial charge in [-0.2, -0.15) is 0 Å². The van der Waals surface area contributed by atoms with Crippen LogP contribution in [0.1, 0.15) is 67.2 Å². The molecule has 2 fully saturated rings. The van der Waals surface area contributed by atoms with Crippen LogP contribution in [0.25, 0.3) is 21.6 Å². The fourth-order valence-electron chi connectivity index (χ4n) is 4.51. The fraction of sp³-hybridized carbons (Fsp3) is 0.360. The molecule has 3 aromatic rings. The standard InChI is InChI=1S/C25H25FS/c26-23-16-21(19-10-8-18(9-11-19)17-6-3-7-17)12-13-22(23)25-15-14-24(27-25)20-4-1-2-5-20/h8-17,20H,1-7H2. The van der Waals surface area contributed by atoms with Crippen molar-refractivity contribution in [2.75, 3.05) is 0 Å². The largest absolute Gasteiger partial charge is 0.206 e. The van der Waals surface area contributed by atoms with E-state index in [4.69, 9.17) is 0 Å². The highest BCUT2D eigenvalue weighted by Gasteiger charge is 2.20. The topological polar surface area (TPSA) is 0 Å². The molecule has 1 heterocycles. The summed E-state index contributed by atoms with van der Waals surface area (Å²) in [7, 11) is 0. The van der Waals surface area contributed by atoms with Gasteiger partial charge in [0.15, 0.2) is 0 Å². The lowest BCUT2D eigenvalue weighted by Crippen LogP contribution is -2.08. The van der Waals surface area contributed by atoms with E-state index in [-0.39, 0.29) is 5.82 Å². The molecule has 2 aliphatic carbocycles. The Morgan fingerprint density at radius 3 is 2.07 bits per heavy atom. The van der Waals surface area contributed by atoms with Gasteiger partial charge in [0.05, 0.1) is 0 Å². The summed E-state index contributed by atoms with van der Waals surface area (Å²) < 4.78 is 14.9. The quantitative estimate of drug-likeness (QED) is 0.431. The van der Waals surface area contributed by atoms with Crippen LogP contribution in [-0.2, 0) is 0 Å². The Hall–Kier alpha value is -1.93. The van der Waals surface area contributed by atoms with Crippen LogP contribution in [0, 0.1) is 5.82 Å². The molecule has 27 heavy (non-hydrogen) atoms. The second-order valence-corrected chi connectivity index (χ2v) is 9.24. The lowest BCUT2D eigenvalue weighted by atomic mass is 9.80. The normalized spacial score (nSPS) is 18.0. The second kappa shape index (κ2) is 7.24. The lowest BCUT2D eigenvalue weighted by molar-refractivity contribution is 0.420. The molecule has 0 nitrogen and oxygen atoms in total. The average Bonchev–Trinajstić information content (AvgIpc) is 3.32. The molecule has 0 radical (unpaired) electrons. The molecule has 0 amide bonds. The SMILES string of the molecule is Fc1cc(-c2ccc(C3CCC3)cc2)ccc1-c1ccc(C2CCCC2)s1. The van der Waals surface area contributed by atoms with Crippen molar-refractivity contribution in [3.8, 4) is 21.6 Å². The third-order valence-electron chi connectivity index (χ3n) is 6.44. The Balaban J connectivity index is 1.38. The van der Waals surface area contributed by atoms with Crippen LogP contribution in [-0.4, -0.2) is 0 Å². The molecule has 0 spiro atoms. The van der Waals surface area contributed by atoms with Gasteiger partial charge in [-0.15, -0.1) is 11.3 Å². The van der Waals surface area contributed by atoms with Gasteiger partial charge in [-0.3, -0.25) is 0 Å². The Kier molecular flexibility index (Phi) is 4.61. The summed E-state index contributed by atoms with van der Waals surface area (Å²) in [6.45, 7) is 0. The summed E-state index contributed by atoms with van der Waals surface area (Å²) in [5.41, 5.74) is 4.23. The zero-order chi connectivity index (χ0) is 18.2. The molecule has 138 valence electrons. The Labute approximate surface area is 165 Å². The molecule has 2 aliphatic rings. The molecule has 2 aromatic carbocycles. The van der Waals surface area contributed by atoms with Crippen LogP contribution in [0.15, 0.2) is 54.6 Å².